The fourth-order valence-corrected chi connectivity index (χ4v) is 11.0. The molecule has 0 saturated carbocycles. The predicted octanol–water partition coefficient (Wildman–Crippen LogP) is 16.1. The Labute approximate surface area is 359 Å². The summed E-state index contributed by atoms with van der Waals surface area (Å²) in [5.41, 5.74) is 15.0. The molecule has 4 heterocycles. The van der Waals surface area contributed by atoms with Crippen molar-refractivity contribution in [2.45, 2.75) is 66.2 Å². The maximum absolute atomic E-state index is 7.11. The molecule has 0 spiro atoms. The fraction of sp³-hybridized carbons (Fsp3) is 0.172. The van der Waals surface area contributed by atoms with Crippen molar-refractivity contribution in [3.63, 3.8) is 0 Å². The molecule has 0 unspecified atom stereocenters. The standard InChI is InChI=1S/C58H47N3O/c1-32-38-18-11-12-19-39(38)33(2)44-30-49-48(29-43(32)44)59(37-27-35(57(3,4)5)26-36(28-37)58(6,7)8)50-31-45-41-21-14-16-24-51(41)62-56(45)53-46-25-34-17-9-10-20-40(34)52-42-22-13-15-23-47(42)60(54(46)52)61(49)55(50)53/h9-31H,1-8H3. The number of para-hydroxylation sites is 2. The van der Waals surface area contributed by atoms with Crippen LogP contribution in [0.3, 0.4) is 0 Å². The SMILES string of the molecule is Cc1c2ccccc2c(C)c2cc3c(cc12)n(-c1cc(C(C)(C)C)cc(C(C)(C)C)c1)c1cc2c4ccccc4oc2c2c1-n3n1c3ccccc3c3c4ccccc4cc2c31. The summed E-state index contributed by atoms with van der Waals surface area (Å²) in [4.78, 5) is 0. The molecule has 2 aliphatic rings. The highest BCUT2D eigenvalue weighted by atomic mass is 16.3. The van der Waals surface area contributed by atoms with Gasteiger partial charge in [-0.05, 0) is 128 Å². The van der Waals surface area contributed by atoms with Gasteiger partial charge in [0.1, 0.15) is 11.2 Å². The summed E-state index contributed by atoms with van der Waals surface area (Å²) in [6.07, 6.45) is 0. The number of hydrogen-bond acceptors (Lipinski definition) is 1. The zero-order valence-electron chi connectivity index (χ0n) is 36.5. The summed E-state index contributed by atoms with van der Waals surface area (Å²) in [5.74, 6) is 0. The summed E-state index contributed by atoms with van der Waals surface area (Å²) < 4.78 is 14.8. The Balaban J connectivity index is 1.41. The van der Waals surface area contributed by atoms with Crippen LogP contribution in [0.5, 0.6) is 0 Å². The van der Waals surface area contributed by atoms with Gasteiger partial charge in [-0.15, -0.1) is 0 Å². The Bertz CT molecular complexity index is 4040. The lowest BCUT2D eigenvalue weighted by atomic mass is 9.80. The van der Waals surface area contributed by atoms with E-state index in [2.05, 4.69) is 209 Å². The van der Waals surface area contributed by atoms with Gasteiger partial charge in [-0.1, -0.05) is 133 Å². The van der Waals surface area contributed by atoms with Crippen LogP contribution < -0.4 is 0 Å². The van der Waals surface area contributed by atoms with E-state index in [0.29, 0.717) is 0 Å². The van der Waals surface area contributed by atoms with Gasteiger partial charge in [0.25, 0.3) is 0 Å². The summed E-state index contributed by atoms with van der Waals surface area (Å²) in [7, 11) is 0. The second-order valence-corrected chi connectivity index (χ2v) is 19.9. The molecule has 9 aromatic carbocycles. The molecule has 4 nitrogen and oxygen atoms in total. The Morgan fingerprint density at radius 2 is 1.00 bits per heavy atom. The molecule has 13 rings (SSSR count). The minimum absolute atomic E-state index is 0.0730. The lowest BCUT2D eigenvalue weighted by Crippen LogP contribution is -2.19. The van der Waals surface area contributed by atoms with Gasteiger partial charge in [-0.2, -0.15) is 0 Å². The molecule has 2 aromatic heterocycles. The van der Waals surface area contributed by atoms with Crippen molar-refractivity contribution in [3.05, 3.63) is 162 Å². The van der Waals surface area contributed by atoms with E-state index in [9.17, 15) is 0 Å². The predicted molar refractivity (Wildman–Crippen MR) is 264 cm³/mol. The second kappa shape index (κ2) is 11.9. The molecule has 62 heavy (non-hydrogen) atoms. The number of fused-ring (bicyclic) bond motifs is 15. The van der Waals surface area contributed by atoms with Crippen LogP contribution in [0.15, 0.2) is 144 Å². The van der Waals surface area contributed by atoms with E-state index < -0.39 is 0 Å². The van der Waals surface area contributed by atoms with Gasteiger partial charge in [-0.3, -0.25) is 0 Å². The molecule has 11 aromatic rings. The second-order valence-electron chi connectivity index (χ2n) is 19.9. The van der Waals surface area contributed by atoms with Crippen LogP contribution in [0.1, 0.15) is 63.8 Å². The van der Waals surface area contributed by atoms with E-state index in [0.717, 1.165) is 49.6 Å². The van der Waals surface area contributed by atoms with Crippen molar-refractivity contribution in [1.82, 2.24) is 13.8 Å². The molecule has 0 bridgehead atoms. The highest BCUT2D eigenvalue weighted by Crippen LogP contribution is 2.50. The first-order valence-electron chi connectivity index (χ1n) is 22.0. The third kappa shape index (κ3) is 4.57. The van der Waals surface area contributed by atoms with Crippen molar-refractivity contribution in [1.29, 1.82) is 0 Å². The molecule has 0 aliphatic carbocycles. The van der Waals surface area contributed by atoms with Crippen LogP contribution in [0.2, 0.25) is 0 Å². The molecule has 0 N–H and O–H groups in total. The number of aryl methyl sites for hydroxylation is 2. The Kier molecular flexibility index (Phi) is 6.83. The highest BCUT2D eigenvalue weighted by molar-refractivity contribution is 6.32. The zero-order chi connectivity index (χ0) is 42.1. The van der Waals surface area contributed by atoms with Crippen molar-refractivity contribution in [2.24, 2.45) is 0 Å². The third-order valence-corrected chi connectivity index (χ3v) is 14.2. The van der Waals surface area contributed by atoms with Crippen molar-refractivity contribution >= 4 is 103 Å². The molecular weight excluding hydrogens is 755 g/mol. The Morgan fingerprint density at radius 1 is 0.435 bits per heavy atom. The Morgan fingerprint density at radius 3 is 1.68 bits per heavy atom. The van der Waals surface area contributed by atoms with Gasteiger partial charge in [0.2, 0.25) is 0 Å². The van der Waals surface area contributed by atoms with Gasteiger partial charge in [0.05, 0.1) is 38.7 Å². The lowest BCUT2D eigenvalue weighted by Gasteiger charge is -2.30. The number of rotatable bonds is 1. The average Bonchev–Trinajstić information content (AvgIpc) is 3.82. The monoisotopic (exact) mass is 801 g/mol. The van der Waals surface area contributed by atoms with Crippen LogP contribution in [-0.4, -0.2) is 13.8 Å². The Hall–Kier alpha value is -7.04. The first kappa shape index (κ1) is 35.7. The van der Waals surface area contributed by atoms with Gasteiger partial charge < -0.3 is 8.98 Å². The van der Waals surface area contributed by atoms with Gasteiger partial charge in [-0.25, -0.2) is 9.20 Å². The number of hydrogen-bond donors (Lipinski definition) is 0. The van der Waals surface area contributed by atoms with Crippen LogP contribution in [0.25, 0.3) is 115 Å². The number of aromatic nitrogens is 3. The smallest absolute Gasteiger partial charge is 0.145 e. The fourth-order valence-electron chi connectivity index (χ4n) is 11.0. The van der Waals surface area contributed by atoms with Crippen LogP contribution in [-0.2, 0) is 10.8 Å². The van der Waals surface area contributed by atoms with E-state index in [1.807, 2.05) is 0 Å². The van der Waals surface area contributed by atoms with E-state index in [4.69, 9.17) is 4.42 Å². The molecule has 0 fully saturated rings. The minimum Gasteiger partial charge on any atom is -0.455 e. The summed E-state index contributed by atoms with van der Waals surface area (Å²) in [5, 5.41) is 14.7. The number of nitrogens with zero attached hydrogens (tertiary/aromatic N) is 3. The van der Waals surface area contributed by atoms with E-state index >= 15 is 0 Å². The molecule has 0 saturated heterocycles. The summed E-state index contributed by atoms with van der Waals surface area (Å²) in [6, 6.07) is 52.5. The molecular formula is C58H47N3O. The summed E-state index contributed by atoms with van der Waals surface area (Å²) in [6.45, 7) is 18.6. The molecule has 0 amide bonds. The number of benzene rings is 9. The molecule has 0 radical (unpaired) electrons. The van der Waals surface area contributed by atoms with E-state index in [-0.39, 0.29) is 10.8 Å². The lowest BCUT2D eigenvalue weighted by molar-refractivity contribution is 0.568. The first-order valence-corrected chi connectivity index (χ1v) is 22.0. The largest absolute Gasteiger partial charge is 0.455 e. The van der Waals surface area contributed by atoms with Crippen molar-refractivity contribution in [3.8, 4) is 11.4 Å². The molecule has 4 heteroatoms. The minimum atomic E-state index is -0.0730. The van der Waals surface area contributed by atoms with Crippen LogP contribution in [0, 0.1) is 13.8 Å². The topological polar surface area (TPSA) is 27.4 Å². The number of furan rings is 1. The maximum Gasteiger partial charge on any atom is 0.145 e. The van der Waals surface area contributed by atoms with Crippen LogP contribution in [0.4, 0.5) is 0 Å². The maximum atomic E-state index is 7.11. The van der Waals surface area contributed by atoms with Crippen molar-refractivity contribution in [2.75, 3.05) is 0 Å². The van der Waals surface area contributed by atoms with Gasteiger partial charge >= 0.3 is 0 Å². The van der Waals surface area contributed by atoms with Gasteiger partial charge in [0.15, 0.2) is 0 Å². The van der Waals surface area contributed by atoms with Crippen molar-refractivity contribution < 1.29 is 4.42 Å². The normalized spacial score (nSPS) is 13.2. The van der Waals surface area contributed by atoms with Crippen LogP contribution >= 0.6 is 0 Å². The molecule has 2 aliphatic heterocycles. The van der Waals surface area contributed by atoms with E-state index in [1.54, 1.807) is 0 Å². The summed E-state index contributed by atoms with van der Waals surface area (Å²) >= 11 is 0. The highest BCUT2D eigenvalue weighted by Gasteiger charge is 2.31. The third-order valence-electron chi connectivity index (χ3n) is 14.2. The average molecular weight is 802 g/mol. The zero-order valence-corrected chi connectivity index (χ0v) is 36.5. The van der Waals surface area contributed by atoms with Gasteiger partial charge in [0, 0.05) is 32.6 Å². The van der Waals surface area contributed by atoms with E-state index in [1.165, 1.54) is 87.5 Å². The quantitative estimate of drug-likeness (QED) is 0.120. The molecule has 0 atom stereocenters. The molecule has 300 valence electrons. The first-order chi connectivity index (χ1) is 29.9.